The summed E-state index contributed by atoms with van der Waals surface area (Å²) < 4.78 is 5.36. The van der Waals surface area contributed by atoms with E-state index in [-0.39, 0.29) is 24.8 Å². The lowest BCUT2D eigenvalue weighted by Crippen LogP contribution is -2.70. The fourth-order valence-electron chi connectivity index (χ4n) is 4.32. The van der Waals surface area contributed by atoms with Crippen molar-refractivity contribution in [1.82, 2.24) is 10.2 Å². The molecule has 0 aromatic heterocycles. The summed E-state index contributed by atoms with van der Waals surface area (Å²) in [5, 5.41) is 3.68. The minimum absolute atomic E-state index is 0.00567. The molecular formula is C29H35ClN2O4S. The van der Waals surface area contributed by atoms with Gasteiger partial charge in [0.15, 0.2) is 4.87 Å². The normalized spacial score (nSPS) is 17.6. The highest BCUT2D eigenvalue weighted by molar-refractivity contribution is 8.00. The van der Waals surface area contributed by atoms with Gasteiger partial charge in [-0.25, -0.2) is 4.79 Å². The average Bonchev–Trinajstić information content (AvgIpc) is 2.90. The molecule has 0 spiro atoms. The number of nitrogens with one attached hydrogen (secondary N) is 1. The molecule has 1 saturated heterocycles. The second-order valence-corrected chi connectivity index (χ2v) is 10.8. The van der Waals surface area contributed by atoms with Crippen molar-refractivity contribution in [3.05, 3.63) is 83.4 Å². The minimum Gasteiger partial charge on any atom is -0.459 e. The summed E-state index contributed by atoms with van der Waals surface area (Å²) in [7, 11) is 0. The van der Waals surface area contributed by atoms with Gasteiger partial charge in [-0.2, -0.15) is 0 Å². The third-order valence-electron chi connectivity index (χ3n) is 6.39. The Balaban J connectivity index is 1.49. The monoisotopic (exact) mass is 542 g/mol. The van der Waals surface area contributed by atoms with E-state index in [9.17, 15) is 14.4 Å². The van der Waals surface area contributed by atoms with E-state index in [1.807, 2.05) is 54.6 Å². The van der Waals surface area contributed by atoms with Crippen LogP contribution in [0.4, 0.5) is 0 Å². The van der Waals surface area contributed by atoms with Gasteiger partial charge in [-0.1, -0.05) is 79.6 Å². The maximum absolute atomic E-state index is 13.1. The zero-order valence-electron chi connectivity index (χ0n) is 21.3. The van der Waals surface area contributed by atoms with Gasteiger partial charge in [0.25, 0.3) is 0 Å². The Kier molecular flexibility index (Phi) is 11.1. The molecule has 0 bridgehead atoms. The van der Waals surface area contributed by atoms with E-state index in [1.165, 1.54) is 28.3 Å². The Hall–Kier alpha value is -2.77. The van der Waals surface area contributed by atoms with Gasteiger partial charge in [0.1, 0.15) is 12.6 Å². The number of hydrogen-bond acceptors (Lipinski definition) is 5. The van der Waals surface area contributed by atoms with Crippen molar-refractivity contribution in [1.29, 1.82) is 0 Å². The van der Waals surface area contributed by atoms with E-state index in [0.717, 1.165) is 42.7 Å². The molecule has 1 aliphatic rings. The molecule has 1 N–H and O–H groups in total. The summed E-state index contributed by atoms with van der Waals surface area (Å²) in [4.78, 5) is 38.8. The number of rotatable bonds is 15. The molecular weight excluding hydrogens is 508 g/mol. The van der Waals surface area contributed by atoms with Crippen LogP contribution in [-0.4, -0.2) is 46.7 Å². The Morgan fingerprint density at radius 2 is 1.81 bits per heavy atom. The van der Waals surface area contributed by atoms with Gasteiger partial charge in [0.2, 0.25) is 11.8 Å². The highest BCUT2D eigenvalue weighted by Crippen LogP contribution is 2.46. The van der Waals surface area contributed by atoms with Crippen molar-refractivity contribution in [2.24, 2.45) is 0 Å². The largest absolute Gasteiger partial charge is 0.459 e. The summed E-state index contributed by atoms with van der Waals surface area (Å²) in [6, 6.07) is 16.8. The van der Waals surface area contributed by atoms with Crippen molar-refractivity contribution in [3.8, 4) is 0 Å². The summed E-state index contributed by atoms with van der Waals surface area (Å²) in [6.45, 7) is 5.83. The van der Waals surface area contributed by atoms with Crippen LogP contribution in [0.15, 0.2) is 67.3 Å². The molecule has 3 rings (SSSR count). The summed E-state index contributed by atoms with van der Waals surface area (Å²) in [5.74, 6) is -0.511. The predicted molar refractivity (Wildman–Crippen MR) is 149 cm³/mol. The van der Waals surface area contributed by atoms with Crippen LogP contribution < -0.4 is 5.32 Å². The average molecular weight is 543 g/mol. The first-order valence-corrected chi connectivity index (χ1v) is 14.0. The van der Waals surface area contributed by atoms with Gasteiger partial charge < -0.3 is 15.0 Å². The maximum atomic E-state index is 13.1. The molecule has 2 amide bonds. The Morgan fingerprint density at radius 1 is 1.11 bits per heavy atom. The number of β-lactam (4-membered cyclic amide) rings is 1. The van der Waals surface area contributed by atoms with Crippen LogP contribution in [0.25, 0.3) is 0 Å². The van der Waals surface area contributed by atoms with Crippen molar-refractivity contribution in [3.63, 3.8) is 0 Å². The van der Waals surface area contributed by atoms with Crippen molar-refractivity contribution in [2.45, 2.75) is 62.1 Å². The highest BCUT2D eigenvalue weighted by atomic mass is 35.5. The van der Waals surface area contributed by atoms with Crippen molar-refractivity contribution < 1.29 is 19.1 Å². The second kappa shape index (κ2) is 14.2. The first kappa shape index (κ1) is 28.8. The number of hydrogen-bond donors (Lipinski definition) is 1. The summed E-state index contributed by atoms with van der Waals surface area (Å²) in [6.07, 6.45) is 6.48. The standard InChI is InChI=1S/C29H35ClN2O4S/c1-3-19-36-28(35)29(37-21-24-12-8-6-9-13-24)20-26(33)32(29)22(2)27(34)31-18-10-5-4-7-11-23-14-16-25(30)17-15-23/h3,6,8-9,12-17,22H,1,4-5,7,10-11,18-21H2,2H3,(H,31,34)/t22-,29+/m0/s1. The number of benzene rings is 2. The smallest absolute Gasteiger partial charge is 0.343 e. The number of likely N-dealkylation sites (tertiary alicyclic amines) is 1. The molecule has 2 aromatic rings. The van der Waals surface area contributed by atoms with E-state index in [0.29, 0.717) is 12.3 Å². The van der Waals surface area contributed by atoms with Gasteiger partial charge in [-0.15, -0.1) is 11.8 Å². The van der Waals surface area contributed by atoms with Crippen molar-refractivity contribution in [2.75, 3.05) is 13.2 Å². The third kappa shape index (κ3) is 7.86. The van der Waals surface area contributed by atoms with Gasteiger partial charge in [-0.05, 0) is 49.4 Å². The minimum atomic E-state index is -1.23. The topological polar surface area (TPSA) is 75.7 Å². The zero-order chi connectivity index (χ0) is 26.7. The van der Waals surface area contributed by atoms with Crippen LogP contribution in [0.1, 0.15) is 50.2 Å². The predicted octanol–water partition coefficient (Wildman–Crippen LogP) is 5.54. The molecule has 1 aliphatic heterocycles. The lowest BCUT2D eigenvalue weighted by molar-refractivity contribution is -0.173. The van der Waals surface area contributed by atoms with E-state index in [2.05, 4.69) is 11.9 Å². The molecule has 1 fully saturated rings. The van der Waals surface area contributed by atoms with E-state index in [1.54, 1.807) is 6.92 Å². The van der Waals surface area contributed by atoms with Crippen LogP contribution in [0, 0.1) is 0 Å². The third-order valence-corrected chi connectivity index (χ3v) is 8.11. The van der Waals surface area contributed by atoms with E-state index >= 15 is 0 Å². The molecule has 198 valence electrons. The lowest BCUT2D eigenvalue weighted by Gasteiger charge is -2.51. The number of thioether (sulfide) groups is 1. The zero-order valence-corrected chi connectivity index (χ0v) is 22.9. The number of halogens is 1. The number of carbonyl (C=O) groups is 3. The Morgan fingerprint density at radius 3 is 2.49 bits per heavy atom. The first-order chi connectivity index (χ1) is 17.9. The molecule has 2 atom stereocenters. The molecule has 0 radical (unpaired) electrons. The number of esters is 1. The van der Waals surface area contributed by atoms with Crippen molar-refractivity contribution >= 4 is 41.1 Å². The lowest BCUT2D eigenvalue weighted by atomic mass is 9.97. The SMILES string of the molecule is C=CCOC(=O)[C@]1(SCc2ccccc2)CC(=O)N1[C@@H](C)C(=O)NCCCCCCc1ccc(Cl)cc1. The van der Waals surface area contributed by atoms with E-state index < -0.39 is 16.9 Å². The van der Waals surface area contributed by atoms with Gasteiger partial charge in [0, 0.05) is 17.3 Å². The number of amides is 2. The Bertz CT molecular complexity index is 1060. The fourth-order valence-corrected chi connectivity index (χ4v) is 5.85. The van der Waals surface area contributed by atoms with Crippen LogP contribution >= 0.6 is 23.4 Å². The van der Waals surface area contributed by atoms with Crippen LogP contribution in [-0.2, 0) is 31.3 Å². The van der Waals surface area contributed by atoms with Crippen LogP contribution in [0.2, 0.25) is 5.02 Å². The molecule has 0 unspecified atom stereocenters. The quantitative estimate of drug-likeness (QED) is 0.138. The number of nitrogens with zero attached hydrogens (tertiary/aromatic N) is 1. The van der Waals surface area contributed by atoms with Gasteiger partial charge >= 0.3 is 5.97 Å². The number of ether oxygens (including phenoxy) is 1. The molecule has 8 heteroatoms. The molecule has 6 nitrogen and oxygen atoms in total. The van der Waals surface area contributed by atoms with Crippen LogP contribution in [0.3, 0.4) is 0 Å². The van der Waals surface area contributed by atoms with Crippen LogP contribution in [0.5, 0.6) is 0 Å². The van der Waals surface area contributed by atoms with Gasteiger partial charge in [-0.3, -0.25) is 9.59 Å². The molecule has 37 heavy (non-hydrogen) atoms. The first-order valence-electron chi connectivity index (χ1n) is 12.7. The molecule has 1 heterocycles. The van der Waals surface area contributed by atoms with Gasteiger partial charge in [0.05, 0.1) is 6.42 Å². The maximum Gasteiger partial charge on any atom is 0.343 e. The Labute approximate surface area is 228 Å². The summed E-state index contributed by atoms with van der Waals surface area (Å²) in [5.41, 5.74) is 2.29. The second-order valence-electron chi connectivity index (χ2n) is 9.14. The summed E-state index contributed by atoms with van der Waals surface area (Å²) >= 11 is 7.25. The number of unbranched alkanes of at least 4 members (excludes halogenated alkanes) is 3. The van der Waals surface area contributed by atoms with E-state index in [4.69, 9.17) is 16.3 Å². The molecule has 0 aliphatic carbocycles. The number of carbonyl (C=O) groups excluding carboxylic acids is 3. The molecule has 2 aromatic carbocycles. The number of aryl methyl sites for hydroxylation is 1. The molecule has 0 saturated carbocycles. The fraction of sp³-hybridized carbons (Fsp3) is 0.414. The highest BCUT2D eigenvalue weighted by Gasteiger charge is 2.60.